The van der Waals surface area contributed by atoms with Crippen molar-refractivity contribution in [1.29, 1.82) is 0 Å². The van der Waals surface area contributed by atoms with E-state index in [0.717, 1.165) is 25.7 Å². The van der Waals surface area contributed by atoms with E-state index < -0.39 is 11.9 Å². The van der Waals surface area contributed by atoms with Gasteiger partial charge in [0.2, 0.25) is 0 Å². The zero-order valence-corrected chi connectivity index (χ0v) is 13.1. The number of unbranched alkanes of at least 4 members (excludes halogenated alkanes) is 2. The van der Waals surface area contributed by atoms with Crippen LogP contribution in [-0.2, 0) is 4.74 Å². The van der Waals surface area contributed by atoms with Gasteiger partial charge in [-0.25, -0.2) is 0 Å². The molecule has 1 heterocycles. The van der Waals surface area contributed by atoms with E-state index in [9.17, 15) is 10.2 Å². The molecule has 0 bridgehead atoms. The van der Waals surface area contributed by atoms with Crippen molar-refractivity contribution in [3.8, 4) is 0 Å². The molecule has 2 aliphatic rings. The maximum absolute atomic E-state index is 10.4. The van der Waals surface area contributed by atoms with Crippen LogP contribution in [0.3, 0.4) is 0 Å². The number of aliphatic hydroxyl groups is 2. The second-order valence-corrected chi connectivity index (χ2v) is 6.99. The zero-order valence-electron chi connectivity index (χ0n) is 13.1. The van der Waals surface area contributed by atoms with E-state index in [1.165, 1.54) is 12.8 Å². The van der Waals surface area contributed by atoms with E-state index in [0.29, 0.717) is 17.8 Å². The van der Waals surface area contributed by atoms with Gasteiger partial charge in [-0.3, -0.25) is 0 Å². The highest BCUT2D eigenvalue weighted by Crippen LogP contribution is 2.46. The second kappa shape index (κ2) is 6.59. The van der Waals surface area contributed by atoms with Gasteiger partial charge in [0, 0.05) is 6.42 Å². The molecular weight excluding hydrogens is 252 g/mol. The van der Waals surface area contributed by atoms with Crippen molar-refractivity contribution < 1.29 is 14.9 Å². The fraction of sp³-hybridized carbons (Fsp3) is 0.882. The van der Waals surface area contributed by atoms with E-state index in [4.69, 9.17) is 4.74 Å². The van der Waals surface area contributed by atoms with Crippen molar-refractivity contribution in [2.45, 2.75) is 77.3 Å². The first-order valence-electron chi connectivity index (χ1n) is 8.18. The third kappa shape index (κ3) is 3.84. The quantitative estimate of drug-likeness (QED) is 0.581. The average Bonchev–Trinajstić information content (AvgIpc) is 2.82. The van der Waals surface area contributed by atoms with E-state index in [2.05, 4.69) is 19.9 Å². The van der Waals surface area contributed by atoms with Gasteiger partial charge in [0.1, 0.15) is 0 Å². The van der Waals surface area contributed by atoms with Gasteiger partial charge in [0.25, 0.3) is 0 Å². The molecule has 2 N–H and O–H groups in total. The lowest BCUT2D eigenvalue weighted by atomic mass is 9.86. The highest BCUT2D eigenvalue weighted by molar-refractivity contribution is 5.08. The lowest BCUT2D eigenvalue weighted by Gasteiger charge is -2.22. The van der Waals surface area contributed by atoms with Gasteiger partial charge in [-0.05, 0) is 37.5 Å². The molecule has 1 aliphatic carbocycles. The molecule has 0 amide bonds. The van der Waals surface area contributed by atoms with Crippen LogP contribution in [0.2, 0.25) is 0 Å². The largest absolute Gasteiger partial charge is 0.386 e. The maximum atomic E-state index is 10.4. The summed E-state index contributed by atoms with van der Waals surface area (Å²) >= 11 is 0. The summed E-state index contributed by atoms with van der Waals surface area (Å²) in [7, 11) is 0. The van der Waals surface area contributed by atoms with Crippen molar-refractivity contribution in [3.63, 3.8) is 0 Å². The molecule has 2 rings (SSSR count). The number of hydrogen-bond acceptors (Lipinski definition) is 3. The first-order valence-corrected chi connectivity index (χ1v) is 8.18. The number of fused-ring (bicyclic) bond motifs is 1. The minimum Gasteiger partial charge on any atom is -0.386 e. The summed E-state index contributed by atoms with van der Waals surface area (Å²) in [5.74, 6) is 1.41. The summed E-state index contributed by atoms with van der Waals surface area (Å²) < 4.78 is 5.56. The Morgan fingerprint density at radius 3 is 2.75 bits per heavy atom. The Labute approximate surface area is 123 Å². The number of rotatable bonds is 6. The molecular formula is C17H30O3. The molecule has 6 atom stereocenters. The monoisotopic (exact) mass is 282 g/mol. The van der Waals surface area contributed by atoms with Crippen molar-refractivity contribution in [2.75, 3.05) is 0 Å². The van der Waals surface area contributed by atoms with Gasteiger partial charge in [0.05, 0.1) is 11.7 Å². The van der Waals surface area contributed by atoms with Gasteiger partial charge in [-0.15, -0.1) is 0 Å². The van der Waals surface area contributed by atoms with Crippen LogP contribution in [0.15, 0.2) is 12.2 Å². The van der Waals surface area contributed by atoms with Crippen molar-refractivity contribution in [2.24, 2.45) is 17.8 Å². The standard InChI is InChI=1S/C17H30O3/c1-4-5-6-8-17(3,19)9-7-13-12(2)10-15-14(13)11-16(18)20-15/h7,9,12-16,18-19H,4-6,8,10-11H2,1-3H3/b9-7+/t12-,13+,14?,15+,16?,17+/m1/s1. The van der Waals surface area contributed by atoms with E-state index in [1.807, 2.05) is 13.0 Å². The Morgan fingerprint density at radius 2 is 2.05 bits per heavy atom. The lowest BCUT2D eigenvalue weighted by Crippen LogP contribution is -2.22. The van der Waals surface area contributed by atoms with Crippen LogP contribution in [0.25, 0.3) is 0 Å². The van der Waals surface area contributed by atoms with Crippen LogP contribution in [0.4, 0.5) is 0 Å². The molecule has 1 saturated heterocycles. The fourth-order valence-electron chi connectivity index (χ4n) is 3.79. The third-order valence-corrected chi connectivity index (χ3v) is 5.00. The topological polar surface area (TPSA) is 49.7 Å². The highest BCUT2D eigenvalue weighted by atomic mass is 16.6. The first kappa shape index (κ1) is 16.0. The Hall–Kier alpha value is -0.380. The molecule has 1 saturated carbocycles. The molecule has 116 valence electrons. The molecule has 0 radical (unpaired) electrons. The predicted molar refractivity (Wildman–Crippen MR) is 80.2 cm³/mol. The highest BCUT2D eigenvalue weighted by Gasteiger charge is 2.46. The summed E-state index contributed by atoms with van der Waals surface area (Å²) in [5, 5.41) is 20.0. The molecule has 3 heteroatoms. The van der Waals surface area contributed by atoms with Crippen LogP contribution in [0, 0.1) is 17.8 Å². The molecule has 2 fully saturated rings. The zero-order chi connectivity index (χ0) is 14.8. The Kier molecular flexibility index (Phi) is 5.27. The molecule has 0 aromatic heterocycles. The molecule has 1 aliphatic heterocycles. The van der Waals surface area contributed by atoms with Gasteiger partial charge < -0.3 is 14.9 Å². The summed E-state index contributed by atoms with van der Waals surface area (Å²) in [5.41, 5.74) is -0.703. The second-order valence-electron chi connectivity index (χ2n) is 6.99. The molecule has 0 aromatic rings. The SMILES string of the molecule is CCCCC[C@](C)(O)/C=C/[C@@H]1C2CC(O)O[C@H]2C[C@H]1C. The Balaban J connectivity index is 1.92. The summed E-state index contributed by atoms with van der Waals surface area (Å²) in [6, 6.07) is 0. The maximum Gasteiger partial charge on any atom is 0.155 e. The summed E-state index contributed by atoms with van der Waals surface area (Å²) in [6.07, 6.45) is 9.80. The van der Waals surface area contributed by atoms with Crippen molar-refractivity contribution in [1.82, 2.24) is 0 Å². The minimum absolute atomic E-state index is 0.208. The van der Waals surface area contributed by atoms with Crippen molar-refractivity contribution >= 4 is 0 Å². The van der Waals surface area contributed by atoms with Crippen LogP contribution in [-0.4, -0.2) is 28.2 Å². The number of aliphatic hydroxyl groups excluding tert-OH is 1. The van der Waals surface area contributed by atoms with Gasteiger partial charge in [-0.1, -0.05) is 45.3 Å². The number of allylic oxidation sites excluding steroid dienone is 1. The van der Waals surface area contributed by atoms with Gasteiger partial charge in [-0.2, -0.15) is 0 Å². The van der Waals surface area contributed by atoms with E-state index in [1.54, 1.807) is 0 Å². The molecule has 0 spiro atoms. The first-order chi connectivity index (χ1) is 9.43. The molecule has 3 nitrogen and oxygen atoms in total. The van der Waals surface area contributed by atoms with E-state index in [-0.39, 0.29) is 6.10 Å². The fourth-order valence-corrected chi connectivity index (χ4v) is 3.79. The van der Waals surface area contributed by atoms with Gasteiger partial charge in [0.15, 0.2) is 6.29 Å². The average molecular weight is 282 g/mol. The predicted octanol–water partition coefficient (Wildman–Crippen LogP) is 3.25. The summed E-state index contributed by atoms with van der Waals surface area (Å²) in [4.78, 5) is 0. The number of ether oxygens (including phenoxy) is 1. The van der Waals surface area contributed by atoms with Crippen LogP contribution in [0.5, 0.6) is 0 Å². The minimum atomic E-state index is -0.703. The van der Waals surface area contributed by atoms with Crippen LogP contribution in [0.1, 0.15) is 59.3 Å². The third-order valence-electron chi connectivity index (χ3n) is 5.00. The smallest absolute Gasteiger partial charge is 0.155 e. The van der Waals surface area contributed by atoms with Crippen LogP contribution < -0.4 is 0 Å². The summed E-state index contributed by atoms with van der Waals surface area (Å²) in [6.45, 7) is 6.32. The molecule has 2 unspecified atom stereocenters. The number of hydrogen-bond donors (Lipinski definition) is 2. The normalized spacial score (nSPS) is 40.1. The lowest BCUT2D eigenvalue weighted by molar-refractivity contribution is -0.0922. The van der Waals surface area contributed by atoms with Crippen LogP contribution >= 0.6 is 0 Å². The van der Waals surface area contributed by atoms with Gasteiger partial charge >= 0.3 is 0 Å². The Bertz CT molecular complexity index is 337. The molecule has 0 aromatic carbocycles. The molecule has 20 heavy (non-hydrogen) atoms. The van der Waals surface area contributed by atoms with Crippen molar-refractivity contribution in [3.05, 3.63) is 12.2 Å². The van der Waals surface area contributed by atoms with E-state index >= 15 is 0 Å². The Morgan fingerprint density at radius 1 is 1.30 bits per heavy atom.